The Labute approximate surface area is 219 Å². The zero-order chi connectivity index (χ0) is 26.0. The van der Waals surface area contributed by atoms with Gasteiger partial charge in [0, 0.05) is 59.4 Å². The predicted octanol–water partition coefficient (Wildman–Crippen LogP) is 4.07. The van der Waals surface area contributed by atoms with Gasteiger partial charge in [-0.2, -0.15) is 0 Å². The number of rotatable bonds is 13. The van der Waals surface area contributed by atoms with Crippen molar-refractivity contribution in [1.29, 1.82) is 0 Å². The minimum atomic E-state index is 0.201. The lowest BCUT2D eigenvalue weighted by Gasteiger charge is -2.31. The molecule has 7 nitrogen and oxygen atoms in total. The molecule has 0 spiro atoms. The van der Waals surface area contributed by atoms with Crippen molar-refractivity contribution in [2.24, 2.45) is 11.8 Å². The maximum absolute atomic E-state index is 11.2. The minimum absolute atomic E-state index is 0.201. The molecule has 0 aromatic heterocycles. The first-order valence-corrected chi connectivity index (χ1v) is 14.0. The van der Waals surface area contributed by atoms with Gasteiger partial charge in [0.1, 0.15) is 12.4 Å². The topological polar surface area (TPSA) is 63.3 Å². The van der Waals surface area contributed by atoms with Gasteiger partial charge in [0.15, 0.2) is 0 Å². The van der Waals surface area contributed by atoms with E-state index in [0.717, 1.165) is 104 Å². The van der Waals surface area contributed by atoms with Crippen molar-refractivity contribution in [2.75, 3.05) is 72.2 Å². The van der Waals surface area contributed by atoms with Crippen molar-refractivity contribution < 1.29 is 19.0 Å². The average molecular weight is 506 g/mol. The molecule has 7 heteroatoms. The fourth-order valence-electron chi connectivity index (χ4n) is 4.54. The summed E-state index contributed by atoms with van der Waals surface area (Å²) in [6.07, 6.45) is 4.94. The number of piperidine rings is 2. The summed E-state index contributed by atoms with van der Waals surface area (Å²) in [5, 5.41) is 3.37. The highest BCUT2D eigenvalue weighted by Gasteiger charge is 2.20. The minimum Gasteiger partial charge on any atom is -0.492 e. The molecule has 2 aliphatic heterocycles. The van der Waals surface area contributed by atoms with E-state index in [0.29, 0.717) is 17.9 Å². The maximum Gasteiger partial charge on any atom is 0.219 e. The Kier molecular flexibility index (Phi) is 15.7. The third-order valence-corrected chi connectivity index (χ3v) is 6.75. The number of para-hydroxylation sites is 1. The number of carbonyl (C=O) groups excluding carboxylic acids is 1. The molecule has 0 aliphatic carbocycles. The molecule has 0 unspecified atom stereocenters. The Bertz CT molecular complexity index is 672. The highest BCUT2D eigenvalue weighted by molar-refractivity contribution is 5.73. The molecule has 2 saturated heterocycles. The summed E-state index contributed by atoms with van der Waals surface area (Å²) in [7, 11) is 0. The van der Waals surface area contributed by atoms with Crippen LogP contribution in [0, 0.1) is 11.8 Å². The van der Waals surface area contributed by atoms with Crippen LogP contribution < -0.4 is 10.1 Å². The molecule has 1 aromatic rings. The van der Waals surface area contributed by atoms with Crippen LogP contribution in [-0.2, 0) is 14.3 Å². The normalized spacial score (nSPS) is 17.6. The van der Waals surface area contributed by atoms with Crippen LogP contribution in [0.3, 0.4) is 0 Å². The van der Waals surface area contributed by atoms with Gasteiger partial charge in [-0.15, -0.1) is 0 Å². The second-order valence-corrected chi connectivity index (χ2v) is 10.3. The molecule has 2 aliphatic rings. The van der Waals surface area contributed by atoms with Gasteiger partial charge in [-0.1, -0.05) is 32.0 Å². The largest absolute Gasteiger partial charge is 0.492 e. The van der Waals surface area contributed by atoms with Gasteiger partial charge < -0.3 is 24.4 Å². The number of nitrogens with one attached hydrogen (secondary N) is 1. The van der Waals surface area contributed by atoms with Crippen LogP contribution in [0.25, 0.3) is 0 Å². The maximum atomic E-state index is 11.2. The van der Waals surface area contributed by atoms with E-state index in [2.05, 4.69) is 31.0 Å². The van der Waals surface area contributed by atoms with Crippen molar-refractivity contribution in [1.82, 2.24) is 15.1 Å². The van der Waals surface area contributed by atoms with E-state index < -0.39 is 0 Å². The summed E-state index contributed by atoms with van der Waals surface area (Å²) in [5.74, 6) is 2.49. The lowest BCUT2D eigenvalue weighted by molar-refractivity contribution is -0.130. The molecule has 2 heterocycles. The van der Waals surface area contributed by atoms with Crippen LogP contribution in [0.5, 0.6) is 5.75 Å². The number of amides is 1. The molecule has 2 fully saturated rings. The average Bonchev–Trinajstić information content (AvgIpc) is 2.88. The van der Waals surface area contributed by atoms with E-state index in [1.165, 1.54) is 0 Å². The van der Waals surface area contributed by atoms with Crippen LogP contribution in [0.15, 0.2) is 30.3 Å². The van der Waals surface area contributed by atoms with Gasteiger partial charge in [0.05, 0.1) is 12.7 Å². The fourth-order valence-corrected chi connectivity index (χ4v) is 4.54. The van der Waals surface area contributed by atoms with E-state index in [-0.39, 0.29) is 5.91 Å². The quantitative estimate of drug-likeness (QED) is 0.408. The number of hydrogen-bond acceptors (Lipinski definition) is 6. The smallest absolute Gasteiger partial charge is 0.219 e. The Balaban J connectivity index is 0.000000254. The van der Waals surface area contributed by atoms with Crippen molar-refractivity contribution in [3.8, 4) is 5.75 Å². The van der Waals surface area contributed by atoms with Gasteiger partial charge in [0.25, 0.3) is 0 Å². The second-order valence-electron chi connectivity index (χ2n) is 10.3. The lowest BCUT2D eigenvalue weighted by Crippen LogP contribution is -2.39. The summed E-state index contributed by atoms with van der Waals surface area (Å²) in [6, 6.07) is 10.0. The fraction of sp³-hybridized carbons (Fsp3) is 0.759. The molecule has 0 radical (unpaired) electrons. The zero-order valence-corrected chi connectivity index (χ0v) is 23.3. The lowest BCUT2D eigenvalue weighted by atomic mass is 9.98. The summed E-state index contributed by atoms with van der Waals surface area (Å²) >= 11 is 0. The second kappa shape index (κ2) is 18.6. The summed E-state index contributed by atoms with van der Waals surface area (Å²) in [5.41, 5.74) is 0. The highest BCUT2D eigenvalue weighted by Crippen LogP contribution is 2.17. The van der Waals surface area contributed by atoms with E-state index in [1.54, 1.807) is 6.92 Å². The monoisotopic (exact) mass is 505 g/mol. The standard InChI is InChI=1S/C15H23NO2.C14H28N2O2/c1-2-17-15-8-10-16(11-9-15)12-13-18-14-6-4-3-5-7-14;1-12(2)10-15-6-9-18-11-14-4-7-16(8-5-14)13(3)17/h3-7,15H,2,8-13H2,1H3;12,14-15H,4-11H2,1-3H3. The summed E-state index contributed by atoms with van der Waals surface area (Å²) in [4.78, 5) is 15.6. The first kappa shape index (κ1) is 30.6. The van der Waals surface area contributed by atoms with Gasteiger partial charge >= 0.3 is 0 Å². The van der Waals surface area contributed by atoms with Crippen LogP contribution in [0.1, 0.15) is 53.4 Å². The predicted molar refractivity (Wildman–Crippen MR) is 147 cm³/mol. The number of likely N-dealkylation sites (tertiary alicyclic amines) is 2. The van der Waals surface area contributed by atoms with Gasteiger partial charge in [-0.05, 0) is 63.1 Å². The van der Waals surface area contributed by atoms with E-state index in [9.17, 15) is 4.79 Å². The molecule has 1 amide bonds. The summed E-state index contributed by atoms with van der Waals surface area (Å²) in [6.45, 7) is 18.4. The summed E-state index contributed by atoms with van der Waals surface area (Å²) < 4.78 is 17.0. The van der Waals surface area contributed by atoms with Crippen molar-refractivity contribution in [3.63, 3.8) is 0 Å². The molecule has 36 heavy (non-hydrogen) atoms. The van der Waals surface area contributed by atoms with Crippen molar-refractivity contribution in [3.05, 3.63) is 30.3 Å². The van der Waals surface area contributed by atoms with Crippen molar-refractivity contribution >= 4 is 5.91 Å². The first-order chi connectivity index (χ1) is 17.5. The molecule has 0 bridgehead atoms. The Morgan fingerprint density at radius 2 is 1.72 bits per heavy atom. The SMILES string of the molecule is CC(=O)N1CCC(COCCNCC(C)C)CC1.CCOC1CCN(CCOc2ccccc2)CC1. The molecule has 0 atom stereocenters. The highest BCUT2D eigenvalue weighted by atomic mass is 16.5. The zero-order valence-electron chi connectivity index (χ0n) is 23.3. The molecule has 1 aromatic carbocycles. The van der Waals surface area contributed by atoms with Gasteiger partial charge in [-0.3, -0.25) is 9.69 Å². The van der Waals surface area contributed by atoms with Crippen LogP contribution in [0.2, 0.25) is 0 Å². The number of hydrogen-bond donors (Lipinski definition) is 1. The number of benzene rings is 1. The molecular formula is C29H51N3O4. The Hall–Kier alpha value is -1.67. The van der Waals surface area contributed by atoms with Gasteiger partial charge in [0.2, 0.25) is 5.91 Å². The Morgan fingerprint density at radius 1 is 1.03 bits per heavy atom. The molecule has 3 rings (SSSR count). The third-order valence-electron chi connectivity index (χ3n) is 6.75. The van der Waals surface area contributed by atoms with Gasteiger partial charge in [-0.25, -0.2) is 0 Å². The number of nitrogens with zero attached hydrogens (tertiary/aromatic N) is 2. The van der Waals surface area contributed by atoms with Crippen molar-refractivity contribution in [2.45, 2.75) is 59.5 Å². The van der Waals surface area contributed by atoms with E-state index in [1.807, 2.05) is 35.2 Å². The van der Waals surface area contributed by atoms with E-state index >= 15 is 0 Å². The number of ether oxygens (including phenoxy) is 3. The number of carbonyl (C=O) groups is 1. The van der Waals surface area contributed by atoms with E-state index in [4.69, 9.17) is 14.2 Å². The molecular weight excluding hydrogens is 454 g/mol. The Morgan fingerprint density at radius 3 is 2.33 bits per heavy atom. The molecule has 0 saturated carbocycles. The van der Waals surface area contributed by atoms with Crippen LogP contribution in [-0.4, -0.2) is 94.1 Å². The van der Waals surface area contributed by atoms with Crippen LogP contribution >= 0.6 is 0 Å². The van der Waals surface area contributed by atoms with Crippen LogP contribution in [0.4, 0.5) is 0 Å². The molecule has 206 valence electrons. The first-order valence-electron chi connectivity index (χ1n) is 14.0. The third kappa shape index (κ3) is 13.6. The molecule has 1 N–H and O–H groups in total.